The minimum absolute atomic E-state index is 0.0459. The summed E-state index contributed by atoms with van der Waals surface area (Å²) >= 11 is 0. The van der Waals surface area contributed by atoms with Crippen LogP contribution in [-0.4, -0.2) is 28.5 Å². The molecule has 5 heteroatoms. The molecule has 0 radical (unpaired) electrons. The number of pyridine rings is 1. The Morgan fingerprint density at radius 1 is 1.25 bits per heavy atom. The number of aromatic nitrogens is 1. The number of carboxylic acids is 1. The monoisotopic (exact) mass is 274 g/mol. The number of carboxylic acid groups (broad SMARTS) is 1. The molecule has 1 aromatic rings. The van der Waals surface area contributed by atoms with Crippen molar-refractivity contribution >= 4 is 11.9 Å². The fourth-order valence-corrected chi connectivity index (χ4v) is 2.73. The highest BCUT2D eigenvalue weighted by atomic mass is 16.4. The second kappa shape index (κ2) is 5.23. The Bertz CT molecular complexity index is 506. The second-order valence-electron chi connectivity index (χ2n) is 5.79. The SMILES string of the molecule is O=C(NCC(C1CC1)C1CC1)c1ccc(C(=O)O)nc1. The number of hydrogen-bond donors (Lipinski definition) is 2. The lowest BCUT2D eigenvalue weighted by Gasteiger charge is -2.16. The number of nitrogens with zero attached hydrogens (tertiary/aromatic N) is 1. The van der Waals surface area contributed by atoms with Gasteiger partial charge >= 0.3 is 5.97 Å². The summed E-state index contributed by atoms with van der Waals surface area (Å²) in [5.41, 5.74) is 0.371. The van der Waals surface area contributed by atoms with Gasteiger partial charge in [-0.05, 0) is 55.6 Å². The number of aromatic carboxylic acids is 1. The van der Waals surface area contributed by atoms with Crippen molar-refractivity contribution in [2.45, 2.75) is 25.7 Å². The molecule has 2 saturated carbocycles. The first-order valence-electron chi connectivity index (χ1n) is 7.12. The maximum absolute atomic E-state index is 12.0. The molecule has 2 aliphatic carbocycles. The summed E-state index contributed by atoms with van der Waals surface area (Å²) in [6, 6.07) is 2.87. The lowest BCUT2D eigenvalue weighted by molar-refractivity contribution is 0.0689. The summed E-state index contributed by atoms with van der Waals surface area (Å²) in [5, 5.41) is 11.7. The Labute approximate surface area is 117 Å². The van der Waals surface area contributed by atoms with Crippen molar-refractivity contribution in [1.29, 1.82) is 0 Å². The van der Waals surface area contributed by atoms with Gasteiger partial charge in [0.25, 0.3) is 5.91 Å². The van der Waals surface area contributed by atoms with Crippen LogP contribution in [0.3, 0.4) is 0 Å². The van der Waals surface area contributed by atoms with Crippen LogP contribution in [0.4, 0.5) is 0 Å². The maximum atomic E-state index is 12.0. The van der Waals surface area contributed by atoms with E-state index in [4.69, 9.17) is 5.11 Å². The third kappa shape index (κ3) is 2.98. The summed E-state index contributed by atoms with van der Waals surface area (Å²) < 4.78 is 0. The number of amides is 1. The third-order valence-corrected chi connectivity index (χ3v) is 4.20. The molecule has 106 valence electrons. The lowest BCUT2D eigenvalue weighted by atomic mass is 9.98. The van der Waals surface area contributed by atoms with Crippen LogP contribution < -0.4 is 5.32 Å². The summed E-state index contributed by atoms with van der Waals surface area (Å²) in [6.45, 7) is 0.731. The summed E-state index contributed by atoms with van der Waals surface area (Å²) in [7, 11) is 0. The topological polar surface area (TPSA) is 79.3 Å². The fourth-order valence-electron chi connectivity index (χ4n) is 2.73. The van der Waals surface area contributed by atoms with Gasteiger partial charge < -0.3 is 10.4 Å². The number of carbonyl (C=O) groups excluding carboxylic acids is 1. The predicted octanol–water partition coefficient (Wildman–Crippen LogP) is 1.95. The van der Waals surface area contributed by atoms with Gasteiger partial charge in [0, 0.05) is 12.7 Å². The number of nitrogens with one attached hydrogen (secondary N) is 1. The van der Waals surface area contributed by atoms with Crippen LogP contribution in [0, 0.1) is 17.8 Å². The van der Waals surface area contributed by atoms with Crippen LogP contribution in [-0.2, 0) is 0 Å². The zero-order chi connectivity index (χ0) is 14.1. The molecule has 0 saturated heterocycles. The van der Waals surface area contributed by atoms with Gasteiger partial charge in [0.2, 0.25) is 0 Å². The minimum atomic E-state index is -1.08. The largest absolute Gasteiger partial charge is 0.477 e. The highest BCUT2D eigenvalue weighted by molar-refractivity contribution is 5.94. The molecule has 2 fully saturated rings. The molecule has 0 spiro atoms. The predicted molar refractivity (Wildman–Crippen MR) is 72.5 cm³/mol. The summed E-state index contributed by atoms with van der Waals surface area (Å²) in [5.74, 6) is 0.982. The second-order valence-corrected chi connectivity index (χ2v) is 5.79. The third-order valence-electron chi connectivity index (χ3n) is 4.20. The molecule has 0 bridgehead atoms. The van der Waals surface area contributed by atoms with E-state index in [1.54, 1.807) is 0 Å². The average molecular weight is 274 g/mol. The van der Waals surface area contributed by atoms with Crippen LogP contribution in [0.1, 0.15) is 46.5 Å². The van der Waals surface area contributed by atoms with E-state index in [1.165, 1.54) is 44.0 Å². The van der Waals surface area contributed by atoms with Crippen LogP contribution in [0.2, 0.25) is 0 Å². The van der Waals surface area contributed by atoms with Crippen LogP contribution in [0.5, 0.6) is 0 Å². The van der Waals surface area contributed by atoms with Gasteiger partial charge in [-0.15, -0.1) is 0 Å². The Morgan fingerprint density at radius 2 is 1.90 bits per heavy atom. The molecular weight excluding hydrogens is 256 g/mol. The number of carbonyl (C=O) groups is 2. The molecule has 0 aromatic carbocycles. The molecule has 0 aliphatic heterocycles. The van der Waals surface area contributed by atoms with E-state index in [-0.39, 0.29) is 11.6 Å². The average Bonchev–Trinajstić information content (AvgIpc) is 3.32. The van der Waals surface area contributed by atoms with Crippen LogP contribution in [0.15, 0.2) is 18.3 Å². The van der Waals surface area contributed by atoms with Gasteiger partial charge in [0.1, 0.15) is 5.69 Å². The molecule has 3 rings (SSSR count). The molecule has 20 heavy (non-hydrogen) atoms. The molecule has 1 heterocycles. The molecule has 0 atom stereocenters. The summed E-state index contributed by atoms with van der Waals surface area (Å²) in [6.07, 6.45) is 6.51. The normalized spacial score (nSPS) is 18.1. The van der Waals surface area contributed by atoms with Gasteiger partial charge in [-0.2, -0.15) is 0 Å². The van der Waals surface area contributed by atoms with Crippen molar-refractivity contribution in [3.8, 4) is 0 Å². The summed E-state index contributed by atoms with van der Waals surface area (Å²) in [4.78, 5) is 26.5. The van der Waals surface area contributed by atoms with E-state index >= 15 is 0 Å². The van der Waals surface area contributed by atoms with Crippen molar-refractivity contribution in [2.75, 3.05) is 6.54 Å². The van der Waals surface area contributed by atoms with Gasteiger partial charge in [-0.1, -0.05) is 0 Å². The quantitative estimate of drug-likeness (QED) is 0.831. The molecule has 1 aromatic heterocycles. The van der Waals surface area contributed by atoms with Gasteiger partial charge in [0.05, 0.1) is 5.56 Å². The van der Waals surface area contributed by atoms with Crippen molar-refractivity contribution in [3.63, 3.8) is 0 Å². The van der Waals surface area contributed by atoms with Crippen molar-refractivity contribution in [1.82, 2.24) is 10.3 Å². The van der Waals surface area contributed by atoms with Gasteiger partial charge in [-0.25, -0.2) is 9.78 Å². The Hall–Kier alpha value is -1.91. The fraction of sp³-hybridized carbons (Fsp3) is 0.533. The molecule has 2 N–H and O–H groups in total. The standard InChI is InChI=1S/C15H18N2O3/c18-14(11-5-6-13(15(19)20)16-7-11)17-8-12(9-1-2-9)10-3-4-10/h5-7,9-10,12H,1-4,8H2,(H,17,18)(H,19,20). The zero-order valence-electron chi connectivity index (χ0n) is 11.2. The number of hydrogen-bond acceptors (Lipinski definition) is 3. The maximum Gasteiger partial charge on any atom is 0.354 e. The minimum Gasteiger partial charge on any atom is -0.477 e. The van der Waals surface area contributed by atoms with Crippen LogP contribution >= 0.6 is 0 Å². The number of rotatable bonds is 6. The van der Waals surface area contributed by atoms with E-state index in [0.29, 0.717) is 11.5 Å². The molecular formula is C15H18N2O3. The molecule has 1 amide bonds. The van der Waals surface area contributed by atoms with Gasteiger partial charge in [-0.3, -0.25) is 4.79 Å². The highest BCUT2D eigenvalue weighted by Crippen LogP contribution is 2.48. The Balaban J connectivity index is 1.56. The first-order chi connectivity index (χ1) is 9.65. The first kappa shape index (κ1) is 13.1. The zero-order valence-corrected chi connectivity index (χ0v) is 11.2. The van der Waals surface area contributed by atoms with Crippen LogP contribution in [0.25, 0.3) is 0 Å². The van der Waals surface area contributed by atoms with E-state index in [1.807, 2.05) is 0 Å². The van der Waals surface area contributed by atoms with E-state index < -0.39 is 5.97 Å². The smallest absolute Gasteiger partial charge is 0.354 e. The van der Waals surface area contributed by atoms with Crippen molar-refractivity contribution in [2.24, 2.45) is 17.8 Å². The molecule has 5 nitrogen and oxygen atoms in total. The Morgan fingerprint density at radius 3 is 2.35 bits per heavy atom. The van der Waals surface area contributed by atoms with Crippen molar-refractivity contribution < 1.29 is 14.7 Å². The highest BCUT2D eigenvalue weighted by Gasteiger charge is 2.41. The van der Waals surface area contributed by atoms with E-state index in [9.17, 15) is 9.59 Å². The lowest BCUT2D eigenvalue weighted by Crippen LogP contribution is -2.31. The Kier molecular flexibility index (Phi) is 3.42. The molecule has 0 unspecified atom stereocenters. The first-order valence-corrected chi connectivity index (χ1v) is 7.12. The van der Waals surface area contributed by atoms with E-state index in [2.05, 4.69) is 10.3 Å². The van der Waals surface area contributed by atoms with Crippen molar-refractivity contribution in [3.05, 3.63) is 29.6 Å². The van der Waals surface area contributed by atoms with E-state index in [0.717, 1.165) is 18.4 Å². The van der Waals surface area contributed by atoms with Gasteiger partial charge in [0.15, 0.2) is 0 Å². The molecule has 2 aliphatic rings.